The SMILES string of the molecule is COc1cccc(C23CCC(CN2)C3)c1. The van der Waals surface area contributed by atoms with E-state index in [1.807, 2.05) is 6.07 Å². The van der Waals surface area contributed by atoms with Crippen LogP contribution in [-0.4, -0.2) is 13.7 Å². The lowest BCUT2D eigenvalue weighted by Gasteiger charge is -2.28. The van der Waals surface area contributed by atoms with E-state index in [0.29, 0.717) is 0 Å². The maximum atomic E-state index is 5.29. The monoisotopic (exact) mass is 203 g/mol. The first-order valence-electron chi connectivity index (χ1n) is 5.72. The number of hydrogen-bond acceptors (Lipinski definition) is 2. The molecular formula is C13H17NO. The normalized spacial score (nSPS) is 33.3. The molecule has 2 atom stereocenters. The van der Waals surface area contributed by atoms with Crippen LogP contribution in [0.5, 0.6) is 5.75 Å². The second-order valence-electron chi connectivity index (χ2n) is 4.80. The summed E-state index contributed by atoms with van der Waals surface area (Å²) < 4.78 is 5.29. The van der Waals surface area contributed by atoms with Crippen LogP contribution in [0, 0.1) is 5.92 Å². The van der Waals surface area contributed by atoms with Gasteiger partial charge >= 0.3 is 0 Å². The third-order valence-corrected chi connectivity index (χ3v) is 3.97. The van der Waals surface area contributed by atoms with Crippen LogP contribution in [0.3, 0.4) is 0 Å². The molecule has 3 rings (SSSR count). The predicted octanol–water partition coefficient (Wildman–Crippen LogP) is 2.29. The minimum absolute atomic E-state index is 0.263. The molecule has 2 bridgehead atoms. The van der Waals surface area contributed by atoms with E-state index in [-0.39, 0.29) is 5.54 Å². The molecule has 2 heteroatoms. The zero-order valence-corrected chi connectivity index (χ0v) is 9.12. The number of nitrogens with one attached hydrogen (secondary N) is 1. The lowest BCUT2D eigenvalue weighted by Crippen LogP contribution is -2.37. The van der Waals surface area contributed by atoms with Gasteiger partial charge in [0.1, 0.15) is 5.75 Å². The molecule has 1 aromatic rings. The summed E-state index contributed by atoms with van der Waals surface area (Å²) in [6.45, 7) is 1.19. The zero-order valence-electron chi connectivity index (χ0n) is 9.12. The largest absolute Gasteiger partial charge is 0.497 e. The Bertz CT molecular complexity index is 367. The van der Waals surface area contributed by atoms with Crippen LogP contribution in [0.15, 0.2) is 24.3 Å². The molecule has 1 aliphatic heterocycles. The van der Waals surface area contributed by atoms with Crippen LogP contribution in [0.1, 0.15) is 24.8 Å². The third kappa shape index (κ3) is 1.36. The summed E-state index contributed by atoms with van der Waals surface area (Å²) >= 11 is 0. The number of hydrogen-bond donors (Lipinski definition) is 1. The van der Waals surface area contributed by atoms with Crippen molar-refractivity contribution in [1.29, 1.82) is 0 Å². The standard InChI is InChI=1S/C13H17NO/c1-15-12-4-2-3-11(7-12)13-6-5-10(8-13)9-14-13/h2-4,7,10,14H,5-6,8-9H2,1H3. The first-order valence-corrected chi connectivity index (χ1v) is 5.72. The Balaban J connectivity index is 1.98. The molecule has 1 saturated carbocycles. The summed E-state index contributed by atoms with van der Waals surface area (Å²) in [5.41, 5.74) is 1.67. The number of piperidine rings is 1. The van der Waals surface area contributed by atoms with Gasteiger partial charge < -0.3 is 10.1 Å². The molecule has 0 amide bonds. The van der Waals surface area contributed by atoms with Gasteiger partial charge in [0.15, 0.2) is 0 Å². The smallest absolute Gasteiger partial charge is 0.119 e. The van der Waals surface area contributed by atoms with Crippen molar-refractivity contribution in [2.45, 2.75) is 24.8 Å². The van der Waals surface area contributed by atoms with Crippen molar-refractivity contribution in [3.8, 4) is 5.75 Å². The second-order valence-corrected chi connectivity index (χ2v) is 4.80. The van der Waals surface area contributed by atoms with E-state index in [1.54, 1.807) is 7.11 Å². The van der Waals surface area contributed by atoms with Crippen LogP contribution in [-0.2, 0) is 5.54 Å². The zero-order chi connectivity index (χ0) is 10.3. The molecular weight excluding hydrogens is 186 g/mol. The molecule has 2 nitrogen and oxygen atoms in total. The van der Waals surface area contributed by atoms with Gasteiger partial charge in [-0.1, -0.05) is 12.1 Å². The molecule has 1 saturated heterocycles. The molecule has 1 N–H and O–H groups in total. The lowest BCUT2D eigenvalue weighted by atomic mass is 9.89. The Morgan fingerprint density at radius 3 is 3.00 bits per heavy atom. The molecule has 0 aromatic heterocycles. The number of fused-ring (bicyclic) bond motifs is 2. The maximum absolute atomic E-state index is 5.29. The van der Waals surface area contributed by atoms with Gasteiger partial charge in [-0.2, -0.15) is 0 Å². The van der Waals surface area contributed by atoms with Gasteiger partial charge in [-0.25, -0.2) is 0 Å². The van der Waals surface area contributed by atoms with E-state index in [9.17, 15) is 0 Å². The Labute approximate surface area is 90.6 Å². The Hall–Kier alpha value is -1.02. The average Bonchev–Trinajstić information content (AvgIpc) is 2.90. The molecule has 2 unspecified atom stereocenters. The Kier molecular flexibility index (Phi) is 1.99. The first-order chi connectivity index (χ1) is 7.32. The summed E-state index contributed by atoms with van der Waals surface area (Å²) in [5.74, 6) is 1.87. The van der Waals surface area contributed by atoms with Crippen molar-refractivity contribution in [2.24, 2.45) is 5.92 Å². The quantitative estimate of drug-likeness (QED) is 0.796. The van der Waals surface area contributed by atoms with Crippen molar-refractivity contribution < 1.29 is 4.74 Å². The fourth-order valence-electron chi connectivity index (χ4n) is 3.11. The summed E-state index contributed by atoms with van der Waals surface area (Å²) in [5, 5.41) is 3.68. The van der Waals surface area contributed by atoms with Gasteiger partial charge in [-0.05, 0) is 49.4 Å². The highest BCUT2D eigenvalue weighted by Gasteiger charge is 2.45. The molecule has 1 aliphatic carbocycles. The number of ether oxygens (including phenoxy) is 1. The maximum Gasteiger partial charge on any atom is 0.119 e. The van der Waals surface area contributed by atoms with Gasteiger partial charge in [0, 0.05) is 5.54 Å². The van der Waals surface area contributed by atoms with Gasteiger partial charge in [-0.15, -0.1) is 0 Å². The van der Waals surface area contributed by atoms with Crippen LogP contribution in [0.4, 0.5) is 0 Å². The van der Waals surface area contributed by atoms with E-state index in [4.69, 9.17) is 4.74 Å². The van der Waals surface area contributed by atoms with Gasteiger partial charge in [-0.3, -0.25) is 0 Å². The van der Waals surface area contributed by atoms with E-state index in [0.717, 1.165) is 11.7 Å². The van der Waals surface area contributed by atoms with E-state index in [2.05, 4.69) is 23.5 Å². The highest BCUT2D eigenvalue weighted by molar-refractivity contribution is 5.35. The van der Waals surface area contributed by atoms with Gasteiger partial charge in [0.2, 0.25) is 0 Å². The number of methoxy groups -OCH3 is 1. The molecule has 2 fully saturated rings. The summed E-state index contributed by atoms with van der Waals surface area (Å²) in [7, 11) is 1.73. The van der Waals surface area contributed by atoms with Crippen molar-refractivity contribution in [3.05, 3.63) is 29.8 Å². The Morgan fingerprint density at radius 1 is 1.47 bits per heavy atom. The van der Waals surface area contributed by atoms with E-state index < -0.39 is 0 Å². The third-order valence-electron chi connectivity index (χ3n) is 3.97. The first kappa shape index (κ1) is 9.22. The van der Waals surface area contributed by atoms with Gasteiger partial charge in [0.05, 0.1) is 7.11 Å². The minimum atomic E-state index is 0.263. The van der Waals surface area contributed by atoms with Crippen molar-refractivity contribution >= 4 is 0 Å². The molecule has 1 heterocycles. The van der Waals surface area contributed by atoms with Crippen LogP contribution in [0.25, 0.3) is 0 Å². The summed E-state index contributed by atoms with van der Waals surface area (Å²) in [6, 6.07) is 8.52. The van der Waals surface area contributed by atoms with Crippen LogP contribution in [0.2, 0.25) is 0 Å². The molecule has 0 spiro atoms. The highest BCUT2D eigenvalue weighted by Crippen LogP contribution is 2.47. The molecule has 2 aliphatic rings. The second kappa shape index (κ2) is 3.24. The van der Waals surface area contributed by atoms with Crippen molar-refractivity contribution in [2.75, 3.05) is 13.7 Å². The van der Waals surface area contributed by atoms with Crippen molar-refractivity contribution in [3.63, 3.8) is 0 Å². The van der Waals surface area contributed by atoms with E-state index >= 15 is 0 Å². The van der Waals surface area contributed by atoms with Crippen molar-refractivity contribution in [1.82, 2.24) is 5.32 Å². The molecule has 80 valence electrons. The van der Waals surface area contributed by atoms with Crippen LogP contribution >= 0.6 is 0 Å². The minimum Gasteiger partial charge on any atom is -0.497 e. The number of benzene rings is 1. The molecule has 0 radical (unpaired) electrons. The lowest BCUT2D eigenvalue weighted by molar-refractivity contribution is 0.368. The fourth-order valence-corrected chi connectivity index (χ4v) is 3.11. The van der Waals surface area contributed by atoms with E-state index in [1.165, 1.54) is 31.4 Å². The summed E-state index contributed by atoms with van der Waals surface area (Å²) in [6.07, 6.45) is 3.97. The highest BCUT2D eigenvalue weighted by atomic mass is 16.5. The average molecular weight is 203 g/mol. The number of rotatable bonds is 2. The predicted molar refractivity (Wildman–Crippen MR) is 60.0 cm³/mol. The molecule has 1 aromatic carbocycles. The topological polar surface area (TPSA) is 21.3 Å². The summed E-state index contributed by atoms with van der Waals surface area (Å²) in [4.78, 5) is 0. The van der Waals surface area contributed by atoms with Gasteiger partial charge in [0.25, 0.3) is 0 Å². The fraction of sp³-hybridized carbons (Fsp3) is 0.538. The van der Waals surface area contributed by atoms with Crippen LogP contribution < -0.4 is 10.1 Å². The molecule has 15 heavy (non-hydrogen) atoms. The Morgan fingerprint density at radius 2 is 2.40 bits per heavy atom.